The molecule has 0 aromatic heterocycles. The number of benzene rings is 2. The van der Waals surface area contributed by atoms with Crippen molar-refractivity contribution in [1.29, 1.82) is 0 Å². The van der Waals surface area contributed by atoms with Gasteiger partial charge in [0.1, 0.15) is 0 Å². The zero-order valence-electron chi connectivity index (χ0n) is 13.1. The summed E-state index contributed by atoms with van der Waals surface area (Å²) >= 11 is 5.74. The number of anilines is 1. The van der Waals surface area contributed by atoms with Crippen molar-refractivity contribution in [3.05, 3.63) is 64.7 Å². The van der Waals surface area contributed by atoms with Crippen molar-refractivity contribution >= 4 is 29.1 Å². The molecule has 0 spiro atoms. The van der Waals surface area contributed by atoms with Crippen molar-refractivity contribution in [3.63, 3.8) is 0 Å². The maximum absolute atomic E-state index is 12.9. The van der Waals surface area contributed by atoms with Crippen molar-refractivity contribution in [1.82, 2.24) is 4.90 Å². The van der Waals surface area contributed by atoms with Gasteiger partial charge in [0.15, 0.2) is 0 Å². The van der Waals surface area contributed by atoms with Gasteiger partial charge in [0.05, 0.1) is 17.8 Å². The summed E-state index contributed by atoms with van der Waals surface area (Å²) in [5.41, 5.74) is -0.988. The molecule has 0 saturated heterocycles. The van der Waals surface area contributed by atoms with Crippen molar-refractivity contribution in [2.75, 3.05) is 18.9 Å². The Morgan fingerprint density at radius 3 is 2.28 bits per heavy atom. The topological polar surface area (TPSA) is 49.4 Å². The number of hydrogen-bond acceptors (Lipinski definition) is 2. The average molecular weight is 371 g/mol. The molecule has 0 atom stereocenters. The van der Waals surface area contributed by atoms with Gasteiger partial charge < -0.3 is 10.2 Å². The first-order valence-electron chi connectivity index (χ1n) is 7.15. The minimum atomic E-state index is -4.59. The zero-order chi connectivity index (χ0) is 18.6. The van der Waals surface area contributed by atoms with Crippen molar-refractivity contribution in [2.24, 2.45) is 0 Å². The van der Waals surface area contributed by atoms with E-state index < -0.39 is 30.1 Å². The molecule has 25 heavy (non-hydrogen) atoms. The molecule has 2 aromatic rings. The predicted molar refractivity (Wildman–Crippen MR) is 88.5 cm³/mol. The number of hydrogen-bond donors (Lipinski definition) is 1. The second-order valence-electron chi connectivity index (χ2n) is 5.26. The molecular weight excluding hydrogens is 357 g/mol. The van der Waals surface area contributed by atoms with Gasteiger partial charge >= 0.3 is 6.18 Å². The lowest BCUT2D eigenvalue weighted by atomic mass is 10.1. The molecule has 4 nitrogen and oxygen atoms in total. The summed E-state index contributed by atoms with van der Waals surface area (Å²) in [6.07, 6.45) is -4.59. The van der Waals surface area contributed by atoms with Crippen LogP contribution in [0.1, 0.15) is 15.9 Å². The molecule has 2 aromatic carbocycles. The van der Waals surface area contributed by atoms with Gasteiger partial charge in [-0.05, 0) is 36.4 Å². The Balaban J connectivity index is 2.05. The summed E-state index contributed by atoms with van der Waals surface area (Å²) < 4.78 is 38.8. The van der Waals surface area contributed by atoms with Crippen molar-refractivity contribution in [3.8, 4) is 0 Å². The number of halogens is 4. The third-order valence-electron chi connectivity index (χ3n) is 3.33. The van der Waals surface area contributed by atoms with Gasteiger partial charge in [0, 0.05) is 17.6 Å². The molecule has 8 heteroatoms. The number of para-hydroxylation sites is 1. The number of rotatable bonds is 4. The van der Waals surface area contributed by atoms with Crippen LogP contribution in [0.3, 0.4) is 0 Å². The Kier molecular flexibility index (Phi) is 5.69. The second kappa shape index (κ2) is 7.57. The van der Waals surface area contributed by atoms with Gasteiger partial charge in [-0.2, -0.15) is 13.2 Å². The highest BCUT2D eigenvalue weighted by Gasteiger charge is 2.33. The maximum atomic E-state index is 12.9. The molecule has 132 valence electrons. The van der Waals surface area contributed by atoms with Gasteiger partial charge in [-0.3, -0.25) is 9.59 Å². The molecular formula is C17H14ClF3N2O2. The number of likely N-dealkylation sites (N-methyl/N-ethyl adjacent to an activating group) is 1. The normalized spacial score (nSPS) is 11.1. The SMILES string of the molecule is CN(CC(=O)Nc1ccccc1C(F)(F)F)C(=O)c1ccc(Cl)cc1. The Bertz CT molecular complexity index is 776. The van der Waals surface area contributed by atoms with Gasteiger partial charge in [-0.1, -0.05) is 23.7 Å². The predicted octanol–water partition coefficient (Wildman–Crippen LogP) is 4.07. The fourth-order valence-electron chi connectivity index (χ4n) is 2.13. The first kappa shape index (κ1) is 18.8. The third kappa shape index (κ3) is 4.96. The first-order valence-corrected chi connectivity index (χ1v) is 7.53. The summed E-state index contributed by atoms with van der Waals surface area (Å²) in [4.78, 5) is 25.3. The van der Waals surface area contributed by atoms with Crippen LogP contribution in [0.15, 0.2) is 48.5 Å². The van der Waals surface area contributed by atoms with E-state index in [0.717, 1.165) is 17.0 Å². The largest absolute Gasteiger partial charge is 0.418 e. The smallest absolute Gasteiger partial charge is 0.332 e. The van der Waals surface area contributed by atoms with E-state index in [1.165, 1.54) is 43.4 Å². The average Bonchev–Trinajstić information content (AvgIpc) is 2.54. The summed E-state index contributed by atoms with van der Waals surface area (Å²) in [6, 6.07) is 10.7. The molecule has 0 bridgehead atoms. The summed E-state index contributed by atoms with van der Waals surface area (Å²) in [5.74, 6) is -1.18. The van der Waals surface area contributed by atoms with Crippen LogP contribution in [0.25, 0.3) is 0 Å². The highest BCUT2D eigenvalue weighted by Crippen LogP contribution is 2.34. The van der Waals surface area contributed by atoms with E-state index in [2.05, 4.69) is 5.32 Å². The Morgan fingerprint density at radius 1 is 1.08 bits per heavy atom. The Hall–Kier alpha value is -2.54. The molecule has 0 aliphatic carbocycles. The number of amides is 2. The molecule has 2 rings (SSSR count). The highest BCUT2D eigenvalue weighted by molar-refractivity contribution is 6.30. The number of carbonyl (C=O) groups is 2. The van der Waals surface area contributed by atoms with Crippen LogP contribution in [-0.4, -0.2) is 30.3 Å². The monoisotopic (exact) mass is 370 g/mol. The lowest BCUT2D eigenvalue weighted by Gasteiger charge is -2.18. The number of nitrogens with zero attached hydrogens (tertiary/aromatic N) is 1. The van der Waals surface area contributed by atoms with Crippen LogP contribution in [0.2, 0.25) is 5.02 Å². The molecule has 0 saturated carbocycles. The third-order valence-corrected chi connectivity index (χ3v) is 3.58. The van der Waals surface area contributed by atoms with E-state index in [-0.39, 0.29) is 5.69 Å². The Morgan fingerprint density at radius 2 is 1.68 bits per heavy atom. The minimum absolute atomic E-state index is 0.315. The maximum Gasteiger partial charge on any atom is 0.418 e. The first-order chi connectivity index (χ1) is 11.7. The van der Waals surface area contributed by atoms with Crippen LogP contribution in [0.4, 0.5) is 18.9 Å². The van der Waals surface area contributed by atoms with Crippen LogP contribution in [0.5, 0.6) is 0 Å². The molecule has 2 amide bonds. The fourth-order valence-corrected chi connectivity index (χ4v) is 2.26. The standard InChI is InChI=1S/C17H14ClF3N2O2/c1-23(16(25)11-6-8-12(18)9-7-11)10-15(24)22-14-5-3-2-4-13(14)17(19,20)21/h2-9H,10H2,1H3,(H,22,24). The van der Waals surface area contributed by atoms with Gasteiger partial charge in [-0.15, -0.1) is 0 Å². The van der Waals surface area contributed by atoms with E-state index >= 15 is 0 Å². The molecule has 0 aliphatic rings. The van der Waals surface area contributed by atoms with E-state index in [4.69, 9.17) is 11.6 Å². The molecule has 0 unspecified atom stereocenters. The van der Waals surface area contributed by atoms with Crippen LogP contribution >= 0.6 is 11.6 Å². The zero-order valence-corrected chi connectivity index (χ0v) is 13.9. The van der Waals surface area contributed by atoms with E-state index in [1.54, 1.807) is 0 Å². The molecule has 0 radical (unpaired) electrons. The highest BCUT2D eigenvalue weighted by atomic mass is 35.5. The van der Waals surface area contributed by atoms with Crippen molar-refractivity contribution in [2.45, 2.75) is 6.18 Å². The number of alkyl halides is 3. The summed E-state index contributed by atoms with van der Waals surface area (Å²) in [5, 5.41) is 2.65. The fraction of sp³-hybridized carbons (Fsp3) is 0.176. The lowest BCUT2D eigenvalue weighted by Crippen LogP contribution is -2.35. The summed E-state index contributed by atoms with van der Waals surface area (Å²) in [6.45, 7) is -0.395. The number of nitrogens with one attached hydrogen (secondary N) is 1. The quantitative estimate of drug-likeness (QED) is 0.882. The minimum Gasteiger partial charge on any atom is -0.332 e. The molecule has 1 N–H and O–H groups in total. The molecule has 0 fully saturated rings. The summed E-state index contributed by atoms with van der Waals surface area (Å²) in [7, 11) is 1.38. The van der Waals surface area contributed by atoms with Gasteiger partial charge in [0.25, 0.3) is 5.91 Å². The van der Waals surface area contributed by atoms with Crippen molar-refractivity contribution < 1.29 is 22.8 Å². The van der Waals surface area contributed by atoms with Gasteiger partial charge in [0.2, 0.25) is 5.91 Å². The van der Waals surface area contributed by atoms with E-state index in [9.17, 15) is 22.8 Å². The van der Waals surface area contributed by atoms with Gasteiger partial charge in [-0.25, -0.2) is 0 Å². The van der Waals surface area contributed by atoms with Crippen LogP contribution in [0, 0.1) is 0 Å². The number of carbonyl (C=O) groups excluding carboxylic acids is 2. The Labute approximate surface area is 147 Å². The van der Waals surface area contributed by atoms with E-state index in [0.29, 0.717) is 10.6 Å². The van der Waals surface area contributed by atoms with Crippen LogP contribution < -0.4 is 5.32 Å². The van der Waals surface area contributed by atoms with Crippen LogP contribution in [-0.2, 0) is 11.0 Å². The lowest BCUT2D eigenvalue weighted by molar-refractivity contribution is -0.137. The molecule has 0 heterocycles. The van der Waals surface area contributed by atoms with E-state index in [1.807, 2.05) is 0 Å². The molecule has 0 aliphatic heterocycles. The second-order valence-corrected chi connectivity index (χ2v) is 5.70.